The second-order valence-corrected chi connectivity index (χ2v) is 5.30. The van der Waals surface area contributed by atoms with E-state index < -0.39 is 11.6 Å². The van der Waals surface area contributed by atoms with Crippen molar-refractivity contribution in [1.29, 1.82) is 0 Å². The van der Waals surface area contributed by atoms with Gasteiger partial charge >= 0.3 is 0 Å². The summed E-state index contributed by atoms with van der Waals surface area (Å²) < 4.78 is 26.9. The topological polar surface area (TPSA) is 12.0 Å². The van der Waals surface area contributed by atoms with Crippen molar-refractivity contribution in [2.75, 3.05) is 6.54 Å². The Bertz CT molecular complexity index is 379. The lowest BCUT2D eigenvalue weighted by atomic mass is 9.92. The Kier molecular flexibility index (Phi) is 7.00. The van der Waals surface area contributed by atoms with Gasteiger partial charge in [0.1, 0.15) is 11.6 Å². The van der Waals surface area contributed by atoms with Crippen LogP contribution in [-0.2, 0) is 0 Å². The van der Waals surface area contributed by atoms with E-state index >= 15 is 0 Å². The molecule has 19 heavy (non-hydrogen) atoms. The van der Waals surface area contributed by atoms with Crippen LogP contribution >= 0.6 is 0 Å². The molecule has 0 radical (unpaired) electrons. The van der Waals surface area contributed by atoms with E-state index in [0.717, 1.165) is 38.3 Å². The number of nitrogens with one attached hydrogen (secondary N) is 1. The van der Waals surface area contributed by atoms with Crippen molar-refractivity contribution in [2.24, 2.45) is 5.92 Å². The average Bonchev–Trinajstić information content (AvgIpc) is 2.35. The van der Waals surface area contributed by atoms with Gasteiger partial charge in [0.15, 0.2) is 0 Å². The molecule has 0 spiro atoms. The molecule has 0 saturated carbocycles. The fraction of sp³-hybridized carbons (Fsp3) is 0.625. The predicted molar refractivity (Wildman–Crippen MR) is 76.1 cm³/mol. The standard InChI is InChI=1S/C16H25F2N/c1-4-6-12(3)10-16(19-9-5-2)14-8-7-13(17)11-15(14)18/h7-8,11-12,16,19H,4-6,9-10H2,1-3H3. The molecule has 108 valence electrons. The lowest BCUT2D eigenvalue weighted by Crippen LogP contribution is -2.25. The SMILES string of the molecule is CCCNC(CC(C)CCC)c1ccc(F)cc1F. The molecule has 0 aromatic heterocycles. The van der Waals surface area contributed by atoms with Crippen LogP contribution in [0.1, 0.15) is 58.1 Å². The highest BCUT2D eigenvalue weighted by Crippen LogP contribution is 2.26. The number of hydrogen-bond donors (Lipinski definition) is 1. The molecule has 2 unspecified atom stereocenters. The number of rotatable bonds is 8. The van der Waals surface area contributed by atoms with E-state index in [0.29, 0.717) is 11.5 Å². The second kappa shape index (κ2) is 8.26. The molecule has 2 atom stereocenters. The lowest BCUT2D eigenvalue weighted by Gasteiger charge is -2.23. The first-order valence-corrected chi connectivity index (χ1v) is 7.26. The Balaban J connectivity index is 2.82. The maximum atomic E-state index is 13.9. The first kappa shape index (κ1) is 16.1. The maximum absolute atomic E-state index is 13.9. The van der Waals surface area contributed by atoms with Crippen molar-refractivity contribution < 1.29 is 8.78 Å². The summed E-state index contributed by atoms with van der Waals surface area (Å²) in [6, 6.07) is 3.85. The quantitative estimate of drug-likeness (QED) is 0.712. The van der Waals surface area contributed by atoms with Gasteiger partial charge in [-0.3, -0.25) is 0 Å². The Morgan fingerprint density at radius 3 is 2.47 bits per heavy atom. The van der Waals surface area contributed by atoms with Crippen LogP contribution in [0.2, 0.25) is 0 Å². The molecule has 0 fully saturated rings. The minimum Gasteiger partial charge on any atom is -0.310 e. The predicted octanol–water partition coefficient (Wildman–Crippen LogP) is 4.83. The Morgan fingerprint density at radius 1 is 1.16 bits per heavy atom. The van der Waals surface area contributed by atoms with Crippen LogP contribution in [0.25, 0.3) is 0 Å². The van der Waals surface area contributed by atoms with Gasteiger partial charge in [0, 0.05) is 17.7 Å². The largest absolute Gasteiger partial charge is 0.310 e. The summed E-state index contributed by atoms with van der Waals surface area (Å²) in [6.45, 7) is 7.27. The summed E-state index contributed by atoms with van der Waals surface area (Å²) in [4.78, 5) is 0. The zero-order valence-corrected chi connectivity index (χ0v) is 12.2. The van der Waals surface area contributed by atoms with Crippen LogP contribution in [0, 0.1) is 17.6 Å². The van der Waals surface area contributed by atoms with Gasteiger partial charge in [-0.2, -0.15) is 0 Å². The number of hydrogen-bond acceptors (Lipinski definition) is 1. The Morgan fingerprint density at radius 2 is 1.89 bits per heavy atom. The minimum absolute atomic E-state index is 0.0258. The van der Waals surface area contributed by atoms with Gasteiger partial charge in [-0.05, 0) is 31.4 Å². The second-order valence-electron chi connectivity index (χ2n) is 5.30. The van der Waals surface area contributed by atoms with E-state index in [9.17, 15) is 8.78 Å². The Hall–Kier alpha value is -0.960. The maximum Gasteiger partial charge on any atom is 0.130 e. The molecule has 1 rings (SSSR count). The van der Waals surface area contributed by atoms with Crippen molar-refractivity contribution in [3.8, 4) is 0 Å². The molecule has 1 aromatic rings. The van der Waals surface area contributed by atoms with E-state index in [1.165, 1.54) is 6.07 Å². The summed E-state index contributed by atoms with van der Waals surface area (Å²) in [6.07, 6.45) is 4.15. The summed E-state index contributed by atoms with van der Waals surface area (Å²) >= 11 is 0. The minimum atomic E-state index is -0.517. The lowest BCUT2D eigenvalue weighted by molar-refractivity contribution is 0.380. The number of benzene rings is 1. The number of halogens is 2. The van der Waals surface area contributed by atoms with Crippen LogP contribution in [0.5, 0.6) is 0 Å². The van der Waals surface area contributed by atoms with Crippen molar-refractivity contribution in [3.63, 3.8) is 0 Å². The summed E-state index contributed by atoms with van der Waals surface area (Å²) in [5, 5.41) is 3.37. The Labute approximate surface area is 115 Å². The van der Waals surface area contributed by atoms with Gasteiger partial charge in [-0.1, -0.05) is 39.7 Å². The first-order valence-electron chi connectivity index (χ1n) is 7.26. The molecular weight excluding hydrogens is 244 g/mol. The van der Waals surface area contributed by atoms with E-state index in [1.54, 1.807) is 6.07 Å². The average molecular weight is 269 g/mol. The van der Waals surface area contributed by atoms with Gasteiger partial charge < -0.3 is 5.32 Å². The van der Waals surface area contributed by atoms with Crippen molar-refractivity contribution in [1.82, 2.24) is 5.32 Å². The van der Waals surface area contributed by atoms with E-state index in [2.05, 4.69) is 26.1 Å². The molecule has 0 aliphatic rings. The third-order valence-electron chi connectivity index (χ3n) is 3.40. The van der Waals surface area contributed by atoms with Crippen molar-refractivity contribution in [2.45, 2.75) is 52.5 Å². The fourth-order valence-corrected chi connectivity index (χ4v) is 2.44. The highest BCUT2D eigenvalue weighted by molar-refractivity contribution is 5.22. The summed E-state index contributed by atoms with van der Waals surface area (Å²) in [7, 11) is 0. The highest BCUT2D eigenvalue weighted by Gasteiger charge is 2.18. The zero-order chi connectivity index (χ0) is 14.3. The summed E-state index contributed by atoms with van der Waals surface area (Å²) in [5.74, 6) is -0.432. The normalized spacial score (nSPS) is 14.4. The molecule has 1 aromatic carbocycles. The van der Waals surface area contributed by atoms with Gasteiger partial charge in [-0.25, -0.2) is 8.78 Å². The molecule has 1 nitrogen and oxygen atoms in total. The van der Waals surface area contributed by atoms with E-state index in [-0.39, 0.29) is 6.04 Å². The van der Waals surface area contributed by atoms with Gasteiger partial charge in [0.25, 0.3) is 0 Å². The molecular formula is C16H25F2N. The monoisotopic (exact) mass is 269 g/mol. The third-order valence-corrected chi connectivity index (χ3v) is 3.40. The fourth-order valence-electron chi connectivity index (χ4n) is 2.44. The summed E-state index contributed by atoms with van der Waals surface area (Å²) in [5.41, 5.74) is 0.581. The molecule has 3 heteroatoms. The third kappa shape index (κ3) is 5.27. The van der Waals surface area contributed by atoms with Gasteiger partial charge in [0.05, 0.1) is 0 Å². The molecule has 0 aliphatic carbocycles. The van der Waals surface area contributed by atoms with Crippen LogP contribution in [0.4, 0.5) is 8.78 Å². The first-order chi connectivity index (χ1) is 9.08. The molecule has 0 aliphatic heterocycles. The van der Waals surface area contributed by atoms with Crippen LogP contribution in [0.15, 0.2) is 18.2 Å². The highest BCUT2D eigenvalue weighted by atomic mass is 19.1. The molecule has 0 saturated heterocycles. The van der Waals surface area contributed by atoms with Gasteiger partial charge in [0.2, 0.25) is 0 Å². The molecule has 1 N–H and O–H groups in total. The smallest absolute Gasteiger partial charge is 0.130 e. The van der Waals surface area contributed by atoms with Crippen molar-refractivity contribution in [3.05, 3.63) is 35.4 Å². The molecule has 0 bridgehead atoms. The van der Waals surface area contributed by atoms with Crippen LogP contribution in [0.3, 0.4) is 0 Å². The van der Waals surface area contributed by atoms with E-state index in [1.807, 2.05) is 0 Å². The molecule has 0 amide bonds. The van der Waals surface area contributed by atoms with E-state index in [4.69, 9.17) is 0 Å². The van der Waals surface area contributed by atoms with Crippen LogP contribution < -0.4 is 5.32 Å². The zero-order valence-electron chi connectivity index (χ0n) is 12.2. The molecule has 0 heterocycles. The van der Waals surface area contributed by atoms with Gasteiger partial charge in [-0.15, -0.1) is 0 Å². The van der Waals surface area contributed by atoms with Crippen molar-refractivity contribution >= 4 is 0 Å². The van der Waals surface area contributed by atoms with Crippen LogP contribution in [-0.4, -0.2) is 6.54 Å².